The van der Waals surface area contributed by atoms with Crippen molar-refractivity contribution in [3.8, 4) is 0 Å². The van der Waals surface area contributed by atoms with Crippen LogP contribution in [0.1, 0.15) is 12.0 Å². The second kappa shape index (κ2) is 9.67. The molecule has 2 aliphatic heterocycles. The zero-order valence-electron chi connectivity index (χ0n) is 14.5. The highest BCUT2D eigenvalue weighted by Crippen LogP contribution is 2.18. The zero-order valence-corrected chi connectivity index (χ0v) is 16.0. The molecule has 2 saturated heterocycles. The summed E-state index contributed by atoms with van der Waals surface area (Å²) in [4.78, 5) is 17.2. The van der Waals surface area contributed by atoms with Gasteiger partial charge in [0.15, 0.2) is 0 Å². The lowest BCUT2D eigenvalue weighted by Crippen LogP contribution is -2.52. The number of amides is 2. The number of carbonyl (C=O) groups is 1. The standard InChI is InChI=1S/C18H26ClN3O2S/c19-16-4-2-15(3-5-16)12-20-18(23)22-6-1-11-25-14-17(22)13-21-7-9-24-10-8-21/h2-5,17H,1,6-14H2,(H,20,23). The van der Waals surface area contributed by atoms with Gasteiger partial charge in [0.2, 0.25) is 0 Å². The van der Waals surface area contributed by atoms with Crippen molar-refractivity contribution < 1.29 is 9.53 Å². The first-order chi connectivity index (χ1) is 12.2. The van der Waals surface area contributed by atoms with Crippen molar-refractivity contribution in [2.75, 3.05) is 50.9 Å². The predicted molar refractivity (Wildman–Crippen MR) is 103 cm³/mol. The molecule has 0 radical (unpaired) electrons. The van der Waals surface area contributed by atoms with Gasteiger partial charge >= 0.3 is 6.03 Å². The Morgan fingerprint density at radius 3 is 2.76 bits per heavy atom. The monoisotopic (exact) mass is 383 g/mol. The first kappa shape index (κ1) is 18.8. The van der Waals surface area contributed by atoms with Crippen molar-refractivity contribution in [1.82, 2.24) is 15.1 Å². The molecular weight excluding hydrogens is 358 g/mol. The number of urea groups is 1. The van der Waals surface area contributed by atoms with Gasteiger partial charge < -0.3 is 15.0 Å². The number of ether oxygens (including phenoxy) is 1. The quantitative estimate of drug-likeness (QED) is 0.868. The molecule has 2 amide bonds. The summed E-state index contributed by atoms with van der Waals surface area (Å²) in [5, 5.41) is 3.79. The number of nitrogens with one attached hydrogen (secondary N) is 1. The van der Waals surface area contributed by atoms with E-state index in [1.165, 1.54) is 0 Å². The summed E-state index contributed by atoms with van der Waals surface area (Å²) >= 11 is 7.87. The molecule has 25 heavy (non-hydrogen) atoms. The van der Waals surface area contributed by atoms with E-state index in [0.717, 1.165) is 62.9 Å². The third-order valence-corrected chi connectivity index (χ3v) is 6.08. The minimum atomic E-state index is 0.0377. The fourth-order valence-corrected chi connectivity index (χ4v) is 4.39. The maximum atomic E-state index is 12.8. The number of nitrogens with zero attached hydrogens (tertiary/aromatic N) is 2. The minimum absolute atomic E-state index is 0.0377. The summed E-state index contributed by atoms with van der Waals surface area (Å²) in [6.45, 7) is 5.80. The molecule has 1 atom stereocenters. The Hall–Kier alpha value is -0.950. The van der Waals surface area contributed by atoms with Crippen LogP contribution < -0.4 is 5.32 Å². The van der Waals surface area contributed by atoms with Gasteiger partial charge in [-0.1, -0.05) is 23.7 Å². The van der Waals surface area contributed by atoms with Gasteiger partial charge in [-0.25, -0.2) is 4.79 Å². The molecule has 138 valence electrons. The number of benzene rings is 1. The Kier molecular flexibility index (Phi) is 7.28. The van der Waals surface area contributed by atoms with Crippen molar-refractivity contribution in [2.45, 2.75) is 19.0 Å². The third kappa shape index (κ3) is 5.78. The molecule has 0 aromatic heterocycles. The van der Waals surface area contributed by atoms with Crippen LogP contribution in [0.5, 0.6) is 0 Å². The van der Waals surface area contributed by atoms with Crippen molar-refractivity contribution >= 4 is 29.4 Å². The van der Waals surface area contributed by atoms with Crippen LogP contribution in [0.15, 0.2) is 24.3 Å². The van der Waals surface area contributed by atoms with Gasteiger partial charge in [-0.2, -0.15) is 11.8 Å². The molecule has 0 spiro atoms. The molecule has 5 nitrogen and oxygen atoms in total. The molecule has 1 unspecified atom stereocenters. The molecule has 2 heterocycles. The van der Waals surface area contributed by atoms with E-state index in [1.807, 2.05) is 40.9 Å². The van der Waals surface area contributed by atoms with E-state index >= 15 is 0 Å². The number of morpholine rings is 1. The summed E-state index contributed by atoms with van der Waals surface area (Å²) in [5.41, 5.74) is 1.06. The Balaban J connectivity index is 1.57. The lowest BCUT2D eigenvalue weighted by molar-refractivity contribution is 0.0283. The third-order valence-electron chi connectivity index (χ3n) is 4.63. The summed E-state index contributed by atoms with van der Waals surface area (Å²) in [6.07, 6.45) is 1.05. The maximum Gasteiger partial charge on any atom is 0.317 e. The van der Waals surface area contributed by atoms with Crippen molar-refractivity contribution in [1.29, 1.82) is 0 Å². The molecule has 1 aromatic rings. The Bertz CT molecular complexity index is 552. The first-order valence-electron chi connectivity index (χ1n) is 8.89. The van der Waals surface area contributed by atoms with Gasteiger partial charge in [-0.3, -0.25) is 4.90 Å². The molecule has 7 heteroatoms. The van der Waals surface area contributed by atoms with Gasteiger partial charge in [0.05, 0.1) is 19.3 Å². The number of halogens is 1. The lowest BCUT2D eigenvalue weighted by Gasteiger charge is -2.35. The summed E-state index contributed by atoms with van der Waals surface area (Å²) in [5.74, 6) is 2.13. The molecule has 0 bridgehead atoms. The molecule has 1 N–H and O–H groups in total. The van der Waals surface area contributed by atoms with Crippen molar-refractivity contribution in [2.24, 2.45) is 0 Å². The largest absolute Gasteiger partial charge is 0.379 e. The molecule has 2 aliphatic rings. The summed E-state index contributed by atoms with van der Waals surface area (Å²) < 4.78 is 5.43. The zero-order chi connectivity index (χ0) is 17.5. The smallest absolute Gasteiger partial charge is 0.317 e. The molecule has 0 saturated carbocycles. The van der Waals surface area contributed by atoms with E-state index in [1.54, 1.807) is 0 Å². The van der Waals surface area contributed by atoms with Gasteiger partial charge in [-0.05, 0) is 29.9 Å². The average molecular weight is 384 g/mol. The second-order valence-corrected chi connectivity index (χ2v) is 8.06. The van der Waals surface area contributed by atoms with Crippen LogP contribution in [-0.4, -0.2) is 72.8 Å². The van der Waals surface area contributed by atoms with Crippen LogP contribution in [0.2, 0.25) is 5.02 Å². The van der Waals surface area contributed by atoms with E-state index in [0.29, 0.717) is 11.6 Å². The van der Waals surface area contributed by atoms with E-state index < -0.39 is 0 Å². The number of carbonyl (C=O) groups excluding carboxylic acids is 1. The summed E-state index contributed by atoms with van der Waals surface area (Å²) in [6, 6.07) is 7.91. The van der Waals surface area contributed by atoms with Crippen LogP contribution in [0.4, 0.5) is 4.79 Å². The fraction of sp³-hybridized carbons (Fsp3) is 0.611. The molecule has 1 aromatic carbocycles. The Morgan fingerprint density at radius 1 is 1.24 bits per heavy atom. The number of thioether (sulfide) groups is 1. The van der Waals surface area contributed by atoms with E-state index in [9.17, 15) is 4.79 Å². The highest BCUT2D eigenvalue weighted by Gasteiger charge is 2.27. The number of rotatable bonds is 4. The van der Waals surface area contributed by atoms with E-state index in [2.05, 4.69) is 10.2 Å². The maximum absolute atomic E-state index is 12.8. The van der Waals surface area contributed by atoms with Crippen LogP contribution >= 0.6 is 23.4 Å². The highest BCUT2D eigenvalue weighted by atomic mass is 35.5. The first-order valence-corrected chi connectivity index (χ1v) is 10.4. The Labute approximate surface area is 159 Å². The van der Waals surface area contributed by atoms with Crippen LogP contribution in [-0.2, 0) is 11.3 Å². The number of hydrogen-bond acceptors (Lipinski definition) is 4. The fourth-order valence-electron chi connectivity index (χ4n) is 3.21. The van der Waals surface area contributed by atoms with Crippen LogP contribution in [0, 0.1) is 0 Å². The Morgan fingerprint density at radius 2 is 2.00 bits per heavy atom. The van der Waals surface area contributed by atoms with E-state index in [4.69, 9.17) is 16.3 Å². The normalized spacial score (nSPS) is 22.4. The van der Waals surface area contributed by atoms with Crippen LogP contribution in [0.25, 0.3) is 0 Å². The molecular formula is C18H26ClN3O2S. The predicted octanol–water partition coefficient (Wildman–Crippen LogP) is 2.69. The van der Waals surface area contributed by atoms with Gasteiger partial charge in [-0.15, -0.1) is 0 Å². The van der Waals surface area contributed by atoms with E-state index in [-0.39, 0.29) is 12.1 Å². The van der Waals surface area contributed by atoms with Gasteiger partial charge in [0.1, 0.15) is 0 Å². The SMILES string of the molecule is O=C(NCc1ccc(Cl)cc1)N1CCCSCC1CN1CCOCC1. The average Bonchev–Trinajstić information content (AvgIpc) is 2.87. The van der Waals surface area contributed by atoms with Crippen LogP contribution in [0.3, 0.4) is 0 Å². The molecule has 3 rings (SSSR count). The highest BCUT2D eigenvalue weighted by molar-refractivity contribution is 7.99. The minimum Gasteiger partial charge on any atom is -0.379 e. The van der Waals surface area contributed by atoms with Gasteiger partial charge in [0.25, 0.3) is 0 Å². The molecule has 0 aliphatic carbocycles. The topological polar surface area (TPSA) is 44.8 Å². The van der Waals surface area contributed by atoms with Gasteiger partial charge in [0, 0.05) is 43.5 Å². The summed E-state index contributed by atoms with van der Waals surface area (Å²) in [7, 11) is 0. The lowest BCUT2D eigenvalue weighted by atomic mass is 10.2. The molecule has 2 fully saturated rings. The van der Waals surface area contributed by atoms with Crippen molar-refractivity contribution in [3.05, 3.63) is 34.9 Å². The number of hydrogen-bond donors (Lipinski definition) is 1. The van der Waals surface area contributed by atoms with Crippen molar-refractivity contribution in [3.63, 3.8) is 0 Å². The second-order valence-electron chi connectivity index (χ2n) is 6.47.